The molecule has 0 saturated heterocycles. The molecule has 0 saturated carbocycles. The van der Waals surface area contributed by atoms with Crippen LogP contribution in [0.2, 0.25) is 0 Å². The molecule has 0 spiro atoms. The van der Waals surface area contributed by atoms with E-state index in [1.165, 1.54) is 67.5 Å². The largest absolute Gasteiger partial charge is 0.452 e. The number of ether oxygens (including phenoxy) is 1. The zero-order chi connectivity index (χ0) is 20.9. The van der Waals surface area contributed by atoms with Crippen LogP contribution in [0.1, 0.15) is 17.3 Å². The second kappa shape index (κ2) is 8.94. The molecule has 2 rings (SSSR count). The third-order valence-corrected chi connectivity index (χ3v) is 5.78. The molecule has 0 aliphatic heterocycles. The maximum absolute atomic E-state index is 13.0. The Morgan fingerprint density at radius 2 is 1.57 bits per heavy atom. The molecule has 28 heavy (non-hydrogen) atoms. The van der Waals surface area contributed by atoms with Crippen LogP contribution < -0.4 is 4.90 Å². The first-order valence-electron chi connectivity index (χ1n) is 8.42. The van der Waals surface area contributed by atoms with E-state index in [0.717, 1.165) is 4.31 Å². The Morgan fingerprint density at radius 3 is 2.07 bits per heavy atom. The molecule has 0 radical (unpaired) electrons. The highest BCUT2D eigenvalue weighted by molar-refractivity contribution is 7.89. The van der Waals surface area contributed by atoms with Gasteiger partial charge in [0.2, 0.25) is 10.0 Å². The van der Waals surface area contributed by atoms with Gasteiger partial charge in [0.25, 0.3) is 5.91 Å². The summed E-state index contributed by atoms with van der Waals surface area (Å²) in [6, 6.07) is 10.6. The Kier molecular flexibility index (Phi) is 6.87. The lowest BCUT2D eigenvalue weighted by atomic mass is 10.2. The molecule has 0 aliphatic carbocycles. The van der Waals surface area contributed by atoms with Crippen LogP contribution >= 0.6 is 0 Å². The predicted molar refractivity (Wildman–Crippen MR) is 102 cm³/mol. The van der Waals surface area contributed by atoms with Crippen LogP contribution in [-0.2, 0) is 19.6 Å². The van der Waals surface area contributed by atoms with Crippen LogP contribution in [0.25, 0.3) is 0 Å². The Hall–Kier alpha value is -2.78. The van der Waals surface area contributed by atoms with Crippen molar-refractivity contribution in [2.24, 2.45) is 0 Å². The second-order valence-corrected chi connectivity index (χ2v) is 8.15. The molecule has 0 fully saturated rings. The standard InChI is InChI=1S/C19H21FN2O5S/c1-4-22(16-9-7-15(20)8-10-16)18(23)13-27-19(24)14-5-11-17(12-6-14)28(25,26)21(2)3/h5-12H,4,13H2,1-3H3. The van der Waals surface area contributed by atoms with Crippen molar-refractivity contribution in [3.63, 3.8) is 0 Å². The van der Waals surface area contributed by atoms with Gasteiger partial charge in [-0.15, -0.1) is 0 Å². The number of hydrogen-bond acceptors (Lipinski definition) is 5. The molecule has 0 atom stereocenters. The van der Waals surface area contributed by atoms with Crippen molar-refractivity contribution in [3.8, 4) is 0 Å². The molecule has 0 aliphatic rings. The van der Waals surface area contributed by atoms with Gasteiger partial charge in [-0.1, -0.05) is 0 Å². The lowest BCUT2D eigenvalue weighted by molar-refractivity contribution is -0.121. The van der Waals surface area contributed by atoms with Gasteiger partial charge in [-0.3, -0.25) is 4.79 Å². The van der Waals surface area contributed by atoms with E-state index in [2.05, 4.69) is 0 Å². The Bertz CT molecular complexity index is 941. The average molecular weight is 408 g/mol. The summed E-state index contributed by atoms with van der Waals surface area (Å²) in [6.07, 6.45) is 0. The number of amides is 1. The van der Waals surface area contributed by atoms with Gasteiger partial charge in [0, 0.05) is 26.3 Å². The van der Waals surface area contributed by atoms with E-state index in [1.54, 1.807) is 6.92 Å². The first-order valence-corrected chi connectivity index (χ1v) is 9.86. The molecule has 1 amide bonds. The number of rotatable bonds is 7. The van der Waals surface area contributed by atoms with Crippen molar-refractivity contribution < 1.29 is 27.1 Å². The van der Waals surface area contributed by atoms with E-state index in [4.69, 9.17) is 4.74 Å². The maximum Gasteiger partial charge on any atom is 0.338 e. The van der Waals surface area contributed by atoms with Gasteiger partial charge in [0.1, 0.15) is 5.82 Å². The van der Waals surface area contributed by atoms with Crippen LogP contribution in [0.3, 0.4) is 0 Å². The molecule has 9 heteroatoms. The summed E-state index contributed by atoms with van der Waals surface area (Å²) < 4.78 is 43.2. The number of carbonyl (C=O) groups excluding carboxylic acids is 2. The number of likely N-dealkylation sites (N-methyl/N-ethyl adjacent to an activating group) is 1. The summed E-state index contributed by atoms with van der Waals surface area (Å²) >= 11 is 0. The number of benzene rings is 2. The topological polar surface area (TPSA) is 84.0 Å². The van der Waals surface area contributed by atoms with E-state index in [0.29, 0.717) is 12.2 Å². The van der Waals surface area contributed by atoms with Crippen LogP contribution in [0.5, 0.6) is 0 Å². The van der Waals surface area contributed by atoms with Crippen LogP contribution in [-0.4, -0.2) is 51.8 Å². The Labute approximate surface area is 163 Å². The highest BCUT2D eigenvalue weighted by atomic mass is 32.2. The molecule has 150 valence electrons. The summed E-state index contributed by atoms with van der Waals surface area (Å²) in [4.78, 5) is 25.9. The van der Waals surface area contributed by atoms with Crippen molar-refractivity contribution in [1.82, 2.24) is 4.31 Å². The van der Waals surface area contributed by atoms with Crippen molar-refractivity contribution in [1.29, 1.82) is 0 Å². The normalized spacial score (nSPS) is 11.3. The van der Waals surface area contributed by atoms with E-state index in [9.17, 15) is 22.4 Å². The quantitative estimate of drug-likeness (QED) is 0.657. The van der Waals surface area contributed by atoms with Crippen LogP contribution in [0, 0.1) is 5.82 Å². The third kappa shape index (κ3) is 4.93. The maximum atomic E-state index is 13.0. The number of sulfonamides is 1. The van der Waals surface area contributed by atoms with Gasteiger partial charge in [0.05, 0.1) is 10.5 Å². The molecule has 0 bridgehead atoms. The van der Waals surface area contributed by atoms with Gasteiger partial charge in [0.15, 0.2) is 6.61 Å². The zero-order valence-corrected chi connectivity index (χ0v) is 16.6. The minimum atomic E-state index is -3.60. The molecule has 0 aromatic heterocycles. The van der Waals surface area contributed by atoms with Crippen LogP contribution in [0.4, 0.5) is 10.1 Å². The lowest BCUT2D eigenvalue weighted by Crippen LogP contribution is -2.34. The van der Waals surface area contributed by atoms with Crippen molar-refractivity contribution in [2.75, 3.05) is 32.1 Å². The van der Waals surface area contributed by atoms with Crippen molar-refractivity contribution >= 4 is 27.6 Å². The van der Waals surface area contributed by atoms with E-state index in [-0.39, 0.29) is 10.5 Å². The molecule has 0 heterocycles. The van der Waals surface area contributed by atoms with Gasteiger partial charge >= 0.3 is 5.97 Å². The number of anilines is 1. The lowest BCUT2D eigenvalue weighted by Gasteiger charge is -2.20. The number of esters is 1. The highest BCUT2D eigenvalue weighted by Crippen LogP contribution is 2.16. The monoisotopic (exact) mass is 408 g/mol. The number of hydrogen-bond donors (Lipinski definition) is 0. The zero-order valence-electron chi connectivity index (χ0n) is 15.8. The van der Waals surface area contributed by atoms with Crippen LogP contribution in [0.15, 0.2) is 53.4 Å². The first-order chi connectivity index (χ1) is 13.2. The smallest absolute Gasteiger partial charge is 0.338 e. The van der Waals surface area contributed by atoms with Gasteiger partial charge in [-0.2, -0.15) is 0 Å². The van der Waals surface area contributed by atoms with E-state index >= 15 is 0 Å². The number of nitrogens with zero attached hydrogens (tertiary/aromatic N) is 2. The Morgan fingerprint density at radius 1 is 1.00 bits per heavy atom. The summed E-state index contributed by atoms with van der Waals surface area (Å²) in [5.74, 6) is -1.63. The molecule has 2 aromatic carbocycles. The molecule has 7 nitrogen and oxygen atoms in total. The minimum absolute atomic E-state index is 0.0404. The number of carbonyl (C=O) groups is 2. The fourth-order valence-corrected chi connectivity index (χ4v) is 3.29. The Balaban J connectivity index is 2.02. The summed E-state index contributed by atoms with van der Waals surface area (Å²) in [5.41, 5.74) is 0.610. The fraction of sp³-hybridized carbons (Fsp3) is 0.263. The van der Waals surface area contributed by atoms with Gasteiger partial charge < -0.3 is 9.64 Å². The summed E-state index contributed by atoms with van der Waals surface area (Å²) in [7, 11) is -0.787. The van der Waals surface area contributed by atoms with Crippen molar-refractivity contribution in [2.45, 2.75) is 11.8 Å². The number of halogens is 1. The van der Waals surface area contributed by atoms with Gasteiger partial charge in [-0.25, -0.2) is 21.9 Å². The summed E-state index contributed by atoms with van der Waals surface area (Å²) in [5, 5.41) is 0. The third-order valence-electron chi connectivity index (χ3n) is 3.95. The SMILES string of the molecule is CCN(C(=O)COC(=O)c1ccc(S(=O)(=O)N(C)C)cc1)c1ccc(F)cc1. The molecule has 0 unspecified atom stereocenters. The molecule has 0 N–H and O–H groups in total. The molecule has 2 aromatic rings. The molecular weight excluding hydrogens is 387 g/mol. The predicted octanol–water partition coefficient (Wildman–Crippen LogP) is 2.29. The fourth-order valence-electron chi connectivity index (χ4n) is 2.39. The van der Waals surface area contributed by atoms with Gasteiger partial charge in [-0.05, 0) is 55.5 Å². The average Bonchev–Trinajstić information content (AvgIpc) is 2.68. The minimum Gasteiger partial charge on any atom is -0.452 e. The van der Waals surface area contributed by atoms with E-state index in [1.807, 2.05) is 0 Å². The summed E-state index contributed by atoms with van der Waals surface area (Å²) in [6.45, 7) is 1.56. The van der Waals surface area contributed by atoms with E-state index < -0.39 is 34.3 Å². The second-order valence-electron chi connectivity index (χ2n) is 6.00. The highest BCUT2D eigenvalue weighted by Gasteiger charge is 2.19. The molecular formula is C19H21FN2O5S. The first kappa shape index (κ1) is 21.5. The van der Waals surface area contributed by atoms with Crippen molar-refractivity contribution in [3.05, 3.63) is 59.9 Å².